The first-order valence-electron chi connectivity index (χ1n) is 5.23. The average Bonchev–Trinajstić information content (AvgIpc) is 2.17. The minimum absolute atomic E-state index is 0.0542. The van der Waals surface area contributed by atoms with Crippen molar-refractivity contribution >= 4 is 5.91 Å². The quantitative estimate of drug-likeness (QED) is 0.788. The maximum absolute atomic E-state index is 11.2. The summed E-state index contributed by atoms with van der Waals surface area (Å²) in [5.74, 6) is 0.0542. The second-order valence-electron chi connectivity index (χ2n) is 4.80. The van der Waals surface area contributed by atoms with Crippen LogP contribution in [0.4, 0.5) is 0 Å². The lowest BCUT2D eigenvalue weighted by atomic mass is 9.86. The molecule has 0 saturated carbocycles. The fourth-order valence-corrected chi connectivity index (χ4v) is 1.40. The molecule has 0 spiro atoms. The van der Waals surface area contributed by atoms with Crippen LogP contribution in [0.3, 0.4) is 0 Å². The van der Waals surface area contributed by atoms with Crippen LogP contribution < -0.4 is 5.32 Å². The molecule has 0 atom stereocenters. The van der Waals surface area contributed by atoms with Gasteiger partial charge in [-0.1, -0.05) is 45.0 Å². The smallest absolute Gasteiger partial charge is 0.224 e. The molecule has 0 radical (unpaired) electrons. The van der Waals surface area contributed by atoms with Crippen LogP contribution in [0.15, 0.2) is 24.3 Å². The van der Waals surface area contributed by atoms with Gasteiger partial charge in [-0.3, -0.25) is 4.79 Å². The maximum Gasteiger partial charge on any atom is 0.224 e. The van der Waals surface area contributed by atoms with E-state index in [2.05, 4.69) is 38.2 Å². The van der Waals surface area contributed by atoms with Gasteiger partial charge in [0.05, 0.1) is 6.42 Å². The summed E-state index contributed by atoms with van der Waals surface area (Å²) in [4.78, 5) is 11.2. The number of nitrogens with one attached hydrogen (secondary N) is 1. The summed E-state index contributed by atoms with van der Waals surface area (Å²) in [6.07, 6.45) is 0.459. The van der Waals surface area contributed by atoms with Crippen molar-refractivity contribution in [2.45, 2.75) is 32.6 Å². The van der Waals surface area contributed by atoms with Gasteiger partial charge in [-0.05, 0) is 16.5 Å². The third-order valence-corrected chi connectivity index (χ3v) is 2.46. The molecule has 0 aliphatic carbocycles. The molecule has 0 saturated heterocycles. The maximum atomic E-state index is 11.2. The first-order chi connectivity index (χ1) is 6.93. The van der Waals surface area contributed by atoms with Gasteiger partial charge in [0.15, 0.2) is 0 Å². The minimum atomic E-state index is 0.0542. The first-order valence-corrected chi connectivity index (χ1v) is 5.23. The molecule has 15 heavy (non-hydrogen) atoms. The Morgan fingerprint density at radius 1 is 1.20 bits per heavy atom. The molecule has 0 bridgehead atoms. The molecule has 1 N–H and O–H groups in total. The van der Waals surface area contributed by atoms with E-state index in [9.17, 15) is 4.79 Å². The van der Waals surface area contributed by atoms with Crippen molar-refractivity contribution < 1.29 is 4.79 Å². The fourth-order valence-electron chi connectivity index (χ4n) is 1.40. The van der Waals surface area contributed by atoms with Gasteiger partial charge in [0.1, 0.15) is 0 Å². The SMILES string of the molecule is CNC(=O)Cc1ccc(C(C)(C)C)cc1. The highest BCUT2D eigenvalue weighted by molar-refractivity contribution is 5.78. The van der Waals surface area contributed by atoms with Gasteiger partial charge < -0.3 is 5.32 Å². The summed E-state index contributed by atoms with van der Waals surface area (Å²) in [5, 5.41) is 2.62. The van der Waals surface area contributed by atoms with E-state index in [1.165, 1.54) is 5.56 Å². The van der Waals surface area contributed by atoms with Crippen molar-refractivity contribution in [2.24, 2.45) is 0 Å². The van der Waals surface area contributed by atoms with E-state index < -0.39 is 0 Å². The summed E-state index contributed by atoms with van der Waals surface area (Å²) in [7, 11) is 1.66. The molecule has 0 fully saturated rings. The van der Waals surface area contributed by atoms with E-state index in [0.29, 0.717) is 6.42 Å². The van der Waals surface area contributed by atoms with Gasteiger partial charge in [0.2, 0.25) is 5.91 Å². The summed E-state index contributed by atoms with van der Waals surface area (Å²) in [6, 6.07) is 8.24. The lowest BCUT2D eigenvalue weighted by Gasteiger charge is -2.19. The monoisotopic (exact) mass is 205 g/mol. The molecule has 82 valence electrons. The second kappa shape index (κ2) is 4.47. The molecular weight excluding hydrogens is 186 g/mol. The zero-order chi connectivity index (χ0) is 11.5. The van der Waals surface area contributed by atoms with Gasteiger partial charge in [0.25, 0.3) is 0 Å². The van der Waals surface area contributed by atoms with Crippen LogP contribution in [0, 0.1) is 0 Å². The van der Waals surface area contributed by atoms with Gasteiger partial charge in [-0.25, -0.2) is 0 Å². The number of hydrogen-bond donors (Lipinski definition) is 1. The Kier molecular flexibility index (Phi) is 3.51. The number of benzene rings is 1. The fraction of sp³-hybridized carbons (Fsp3) is 0.462. The average molecular weight is 205 g/mol. The van der Waals surface area contributed by atoms with Crippen molar-refractivity contribution in [1.29, 1.82) is 0 Å². The highest BCUT2D eigenvalue weighted by Gasteiger charge is 2.12. The number of amides is 1. The number of carbonyl (C=O) groups excluding carboxylic acids is 1. The topological polar surface area (TPSA) is 29.1 Å². The zero-order valence-corrected chi connectivity index (χ0v) is 9.92. The number of rotatable bonds is 2. The van der Waals surface area contributed by atoms with Gasteiger partial charge in [-0.15, -0.1) is 0 Å². The molecule has 0 aliphatic rings. The van der Waals surface area contributed by atoms with Crippen molar-refractivity contribution in [3.8, 4) is 0 Å². The Morgan fingerprint density at radius 3 is 2.13 bits per heavy atom. The summed E-state index contributed by atoms with van der Waals surface area (Å²) < 4.78 is 0. The Balaban J connectivity index is 2.77. The molecule has 0 aliphatic heterocycles. The van der Waals surface area contributed by atoms with Crippen LogP contribution in [0.5, 0.6) is 0 Å². The summed E-state index contributed by atoms with van der Waals surface area (Å²) in [5.41, 5.74) is 2.52. The van der Waals surface area contributed by atoms with Crippen molar-refractivity contribution in [3.05, 3.63) is 35.4 Å². The van der Waals surface area contributed by atoms with E-state index in [1.807, 2.05) is 12.1 Å². The summed E-state index contributed by atoms with van der Waals surface area (Å²) >= 11 is 0. The number of carbonyl (C=O) groups is 1. The predicted octanol–water partition coefficient (Wildman–Crippen LogP) is 2.27. The van der Waals surface area contributed by atoms with Crippen LogP contribution in [0.2, 0.25) is 0 Å². The minimum Gasteiger partial charge on any atom is -0.359 e. The molecule has 1 aromatic rings. The van der Waals surface area contributed by atoms with Gasteiger partial charge in [-0.2, -0.15) is 0 Å². The van der Waals surface area contributed by atoms with Crippen LogP contribution in [0.25, 0.3) is 0 Å². The standard InChI is InChI=1S/C13H19NO/c1-13(2,3)11-7-5-10(6-8-11)9-12(15)14-4/h5-8H,9H2,1-4H3,(H,14,15). The Labute approximate surface area is 91.7 Å². The van der Waals surface area contributed by atoms with Crippen LogP contribution in [-0.4, -0.2) is 13.0 Å². The molecule has 1 aromatic carbocycles. The normalized spacial score (nSPS) is 11.2. The van der Waals surface area contributed by atoms with Gasteiger partial charge >= 0.3 is 0 Å². The lowest BCUT2D eigenvalue weighted by Crippen LogP contribution is -2.20. The second-order valence-corrected chi connectivity index (χ2v) is 4.80. The van der Waals surface area contributed by atoms with Crippen molar-refractivity contribution in [2.75, 3.05) is 7.05 Å². The van der Waals surface area contributed by atoms with E-state index >= 15 is 0 Å². The van der Waals surface area contributed by atoms with E-state index in [-0.39, 0.29) is 11.3 Å². The van der Waals surface area contributed by atoms with E-state index in [4.69, 9.17) is 0 Å². The Bertz CT molecular complexity index is 333. The molecule has 0 unspecified atom stereocenters. The molecular formula is C13H19NO. The Morgan fingerprint density at radius 2 is 1.73 bits per heavy atom. The van der Waals surface area contributed by atoms with E-state index in [1.54, 1.807) is 7.05 Å². The molecule has 2 nitrogen and oxygen atoms in total. The molecule has 2 heteroatoms. The third-order valence-electron chi connectivity index (χ3n) is 2.46. The largest absolute Gasteiger partial charge is 0.359 e. The Hall–Kier alpha value is -1.31. The highest BCUT2D eigenvalue weighted by Crippen LogP contribution is 2.22. The van der Waals surface area contributed by atoms with Crippen molar-refractivity contribution in [3.63, 3.8) is 0 Å². The molecule has 0 heterocycles. The van der Waals surface area contributed by atoms with E-state index in [0.717, 1.165) is 5.56 Å². The number of hydrogen-bond acceptors (Lipinski definition) is 1. The lowest BCUT2D eigenvalue weighted by molar-refractivity contribution is -0.119. The number of likely N-dealkylation sites (N-methyl/N-ethyl adjacent to an activating group) is 1. The zero-order valence-electron chi connectivity index (χ0n) is 9.92. The molecule has 0 aromatic heterocycles. The molecule has 1 amide bonds. The molecule has 1 rings (SSSR count). The van der Waals surface area contributed by atoms with Crippen LogP contribution in [0.1, 0.15) is 31.9 Å². The van der Waals surface area contributed by atoms with Crippen LogP contribution in [-0.2, 0) is 16.6 Å². The first kappa shape index (κ1) is 11.8. The predicted molar refractivity (Wildman–Crippen MR) is 62.9 cm³/mol. The van der Waals surface area contributed by atoms with Crippen molar-refractivity contribution in [1.82, 2.24) is 5.32 Å². The van der Waals surface area contributed by atoms with Gasteiger partial charge in [0, 0.05) is 7.05 Å². The highest BCUT2D eigenvalue weighted by atomic mass is 16.1. The third kappa shape index (κ3) is 3.39. The summed E-state index contributed by atoms with van der Waals surface area (Å²) in [6.45, 7) is 6.54. The van der Waals surface area contributed by atoms with Crippen LogP contribution >= 0.6 is 0 Å².